The van der Waals surface area contributed by atoms with E-state index in [4.69, 9.17) is 20.7 Å². The van der Waals surface area contributed by atoms with Gasteiger partial charge >= 0.3 is 24.0 Å². The number of halogens is 3. The lowest BCUT2D eigenvalue weighted by Crippen LogP contribution is -2.71. The van der Waals surface area contributed by atoms with E-state index in [1.54, 1.807) is 5.32 Å². The first-order chi connectivity index (χ1) is 22.1. The molecule has 2 aromatic heterocycles. The van der Waals surface area contributed by atoms with Crippen molar-refractivity contribution in [2.75, 3.05) is 23.9 Å². The zero-order chi connectivity index (χ0) is 35.1. The Hall–Kier alpha value is -4.82. The molecule has 3 atom stereocenters. The Morgan fingerprint density at radius 2 is 2.00 bits per heavy atom. The van der Waals surface area contributed by atoms with Crippen LogP contribution in [0.2, 0.25) is 0 Å². The monoisotopic (exact) mass is 726 g/mol. The molecule has 3 amide bonds. The van der Waals surface area contributed by atoms with Crippen molar-refractivity contribution in [3.05, 3.63) is 22.3 Å². The number of alkyl halides is 3. The first-order valence-corrected chi connectivity index (χ1v) is 15.2. The van der Waals surface area contributed by atoms with Crippen LogP contribution in [0.3, 0.4) is 0 Å². The number of anilines is 1. The van der Waals surface area contributed by atoms with Crippen molar-refractivity contribution in [3.63, 3.8) is 0 Å². The number of oxime groups is 1. The largest absolute Gasteiger partial charge is 0.483 e. The fourth-order valence-electron chi connectivity index (χ4n) is 3.74. The average molecular weight is 727 g/mol. The highest BCUT2D eigenvalue weighted by molar-refractivity contribution is 8.01. The molecule has 0 bridgehead atoms. The predicted octanol–water partition coefficient (Wildman–Crippen LogP) is -1.38. The third kappa shape index (κ3) is 8.71. The molecule has 2 aliphatic rings. The normalized spacial score (nSPS) is 18.2. The van der Waals surface area contributed by atoms with Gasteiger partial charge in [-0.2, -0.15) is 13.2 Å². The van der Waals surface area contributed by atoms with Gasteiger partial charge in [0.25, 0.3) is 18.3 Å². The number of nitrogens with one attached hydrogen (secondary N) is 2. The molecule has 2 aromatic rings. The van der Waals surface area contributed by atoms with Gasteiger partial charge in [-0.05, 0) is 16.0 Å². The van der Waals surface area contributed by atoms with E-state index in [0.29, 0.717) is 16.9 Å². The quantitative estimate of drug-likeness (QED) is 0.0483. The minimum atomic E-state index is -5.17. The Bertz CT molecular complexity index is 1610. The third-order valence-electron chi connectivity index (χ3n) is 5.72. The number of carbonyl (C=O) groups is 6. The number of carboxylic acids is 2. The fraction of sp³-hybridized carbons (Fsp3) is 0.381. The fourth-order valence-corrected chi connectivity index (χ4v) is 6.80. The summed E-state index contributed by atoms with van der Waals surface area (Å²) in [4.78, 5) is 78.2. The van der Waals surface area contributed by atoms with Crippen LogP contribution in [0.5, 0.6) is 0 Å². The molecule has 0 spiro atoms. The molecule has 2 aliphatic heterocycles. The molecule has 7 N–H and O–H groups in total. The van der Waals surface area contributed by atoms with E-state index in [-0.39, 0.29) is 41.1 Å². The zero-order valence-electron chi connectivity index (χ0n) is 23.3. The maximum atomic E-state index is 13.0. The van der Waals surface area contributed by atoms with Gasteiger partial charge in [0.2, 0.25) is 5.16 Å². The van der Waals surface area contributed by atoms with Gasteiger partial charge in [-0.15, -0.1) is 28.2 Å². The summed E-state index contributed by atoms with van der Waals surface area (Å²) in [5, 5.41) is 44.2. The Morgan fingerprint density at radius 3 is 2.60 bits per heavy atom. The topological polar surface area (TPSA) is 295 Å². The van der Waals surface area contributed by atoms with Crippen LogP contribution in [0.25, 0.3) is 0 Å². The van der Waals surface area contributed by atoms with Gasteiger partial charge in [-0.3, -0.25) is 34.2 Å². The molecule has 0 saturated carbocycles. The lowest BCUT2D eigenvalue weighted by molar-refractivity contribution is -0.167. The first kappa shape index (κ1) is 36.6. The molecule has 47 heavy (non-hydrogen) atoms. The Morgan fingerprint density at radius 1 is 1.32 bits per heavy atom. The van der Waals surface area contributed by atoms with Gasteiger partial charge in [0, 0.05) is 16.9 Å². The number of nitrogens with zero attached hydrogens (tertiary/aromatic N) is 7. The van der Waals surface area contributed by atoms with Crippen molar-refractivity contribution in [1.29, 1.82) is 0 Å². The molecule has 0 aromatic carbocycles. The van der Waals surface area contributed by atoms with E-state index in [1.165, 1.54) is 0 Å². The summed E-state index contributed by atoms with van der Waals surface area (Å²) >= 11 is 2.72. The number of thiazole rings is 1. The van der Waals surface area contributed by atoms with Crippen molar-refractivity contribution in [2.45, 2.75) is 35.3 Å². The first-order valence-electron chi connectivity index (χ1n) is 12.3. The van der Waals surface area contributed by atoms with E-state index in [2.05, 4.69) is 35.8 Å². The Labute approximate surface area is 271 Å². The van der Waals surface area contributed by atoms with Crippen LogP contribution in [-0.2, 0) is 40.1 Å². The molecule has 254 valence electrons. The molecule has 4 rings (SSSR count). The Balaban J connectivity index is 0.00000192. The van der Waals surface area contributed by atoms with Gasteiger partial charge < -0.3 is 31.2 Å². The number of tetrazole rings is 1. The smallest absolute Gasteiger partial charge is 0.471 e. The third-order valence-corrected chi connectivity index (χ3v) is 8.86. The number of thioether (sulfide) groups is 2. The molecule has 0 aliphatic carbocycles. The maximum Gasteiger partial charge on any atom is 0.471 e. The second-order valence-electron chi connectivity index (χ2n) is 8.71. The number of amides is 3. The number of carboxylic acid groups (broad SMARTS) is 3. The van der Waals surface area contributed by atoms with E-state index in [1.807, 2.05) is 0 Å². The molecular formula is C21H21F3N10O10S3. The number of hydrogen-bond donors (Lipinski definition) is 6. The van der Waals surface area contributed by atoms with Crippen LogP contribution in [0.4, 0.5) is 18.3 Å². The number of β-lactam (4-membered cyclic amide) rings is 1. The van der Waals surface area contributed by atoms with E-state index in [9.17, 15) is 42.3 Å². The second kappa shape index (κ2) is 15.6. The molecule has 1 saturated heterocycles. The van der Waals surface area contributed by atoms with Crippen LogP contribution in [0, 0.1) is 0 Å². The maximum absolute atomic E-state index is 13.0. The van der Waals surface area contributed by atoms with Crippen molar-refractivity contribution in [1.82, 2.24) is 35.4 Å². The summed E-state index contributed by atoms with van der Waals surface area (Å²) in [6.07, 6.45) is -5.17. The molecular weight excluding hydrogens is 705 g/mol. The number of aromatic nitrogens is 5. The van der Waals surface area contributed by atoms with E-state index in [0.717, 1.165) is 45.6 Å². The standard InChI is InChI=1S/C20H19F3N10O8S3.CH2O2/c1-41-29-9(8-5-43-18(25-8)27-17(40)20(21,22)23)12(34)26-10-13(35)33-11(16(38)39)6(3-42-14(10)33)4-44-19-28-30-31-32(19)2-7(24)15(36)37;2-1-3/h5,7,10,14H,2-4,24H2,1H3,(H,26,34)(H,36,37)(H,38,39)(H,25,27,40);1H,(H,2,3)/b29-9+;/t7?,10?,14-;/m1./s1. The SMILES string of the molecule is CO/N=C(/C(=O)NC1C(=O)N2C(C(=O)O)=C(CSc3nnnn3CC(N)C(=O)O)CS[C@H]12)c1csc(NC(=O)C(F)(F)F)n1.O=CO. The van der Waals surface area contributed by atoms with Crippen LogP contribution in [0.1, 0.15) is 5.69 Å². The van der Waals surface area contributed by atoms with Crippen LogP contribution in [-0.4, -0.2) is 130 Å². The van der Waals surface area contributed by atoms with Gasteiger partial charge in [0.15, 0.2) is 10.8 Å². The highest BCUT2D eigenvalue weighted by Crippen LogP contribution is 2.41. The molecule has 20 nitrogen and oxygen atoms in total. The molecule has 2 unspecified atom stereocenters. The summed E-state index contributed by atoms with van der Waals surface area (Å²) in [6, 6.07) is -2.49. The summed E-state index contributed by atoms with van der Waals surface area (Å²) in [7, 11) is 1.09. The summed E-state index contributed by atoms with van der Waals surface area (Å²) in [5.74, 6) is -6.58. The van der Waals surface area contributed by atoms with Gasteiger partial charge in [0.1, 0.15) is 36.0 Å². The minimum absolute atomic E-state index is 0.0204. The zero-order valence-corrected chi connectivity index (χ0v) is 25.7. The van der Waals surface area contributed by atoms with Crippen molar-refractivity contribution >= 4 is 81.8 Å². The summed E-state index contributed by atoms with van der Waals surface area (Å²) in [6.45, 7) is -0.489. The molecule has 1 fully saturated rings. The number of carbonyl (C=O) groups excluding carboxylic acids is 3. The molecule has 26 heteroatoms. The van der Waals surface area contributed by atoms with Crippen molar-refractivity contribution < 1.29 is 62.1 Å². The molecule has 4 heterocycles. The van der Waals surface area contributed by atoms with Gasteiger partial charge in [-0.25, -0.2) is 14.5 Å². The van der Waals surface area contributed by atoms with Crippen molar-refractivity contribution in [2.24, 2.45) is 10.9 Å². The number of fused-ring (bicyclic) bond motifs is 1. The Kier molecular flexibility index (Phi) is 12.2. The number of nitrogens with two attached hydrogens (primary N) is 1. The van der Waals surface area contributed by atoms with Gasteiger partial charge in [0.05, 0.1) is 6.54 Å². The number of rotatable bonds is 12. The highest BCUT2D eigenvalue weighted by atomic mass is 32.2. The van der Waals surface area contributed by atoms with E-state index < -0.39 is 64.1 Å². The van der Waals surface area contributed by atoms with Crippen LogP contribution < -0.4 is 16.4 Å². The van der Waals surface area contributed by atoms with E-state index >= 15 is 0 Å². The number of aliphatic carboxylic acids is 2. The highest BCUT2D eigenvalue weighted by Gasteiger charge is 2.54. The molecule has 0 radical (unpaired) electrons. The average Bonchev–Trinajstić information content (AvgIpc) is 3.65. The lowest BCUT2D eigenvalue weighted by Gasteiger charge is -2.49. The second-order valence-corrected chi connectivity index (χ2v) is 11.6. The van der Waals surface area contributed by atoms with Gasteiger partial charge in [-0.1, -0.05) is 16.9 Å². The predicted molar refractivity (Wildman–Crippen MR) is 153 cm³/mol. The summed E-state index contributed by atoms with van der Waals surface area (Å²) in [5.41, 5.74) is 4.76. The van der Waals surface area contributed by atoms with Crippen LogP contribution >= 0.6 is 34.9 Å². The number of hydrogen-bond acceptors (Lipinski definition) is 16. The minimum Gasteiger partial charge on any atom is -0.483 e. The summed E-state index contributed by atoms with van der Waals surface area (Å²) < 4.78 is 38.8. The van der Waals surface area contributed by atoms with Crippen molar-refractivity contribution in [3.8, 4) is 0 Å². The lowest BCUT2D eigenvalue weighted by atomic mass is 10.0. The van der Waals surface area contributed by atoms with Crippen LogP contribution in [0.15, 0.2) is 27.0 Å².